The maximum absolute atomic E-state index is 12.0. The van der Waals surface area contributed by atoms with Crippen molar-refractivity contribution in [3.8, 4) is 5.75 Å². The third-order valence-corrected chi connectivity index (χ3v) is 3.39. The van der Waals surface area contributed by atoms with Gasteiger partial charge in [0.25, 0.3) is 5.91 Å². The van der Waals surface area contributed by atoms with Crippen LogP contribution in [0.1, 0.15) is 17.3 Å². The summed E-state index contributed by atoms with van der Waals surface area (Å²) in [6.45, 7) is 1.39. The first-order chi connectivity index (χ1) is 10.9. The SMILES string of the molecule is C[C@H](OC(=O)c1ccc(Cl)cc1O)C(=O)Nc1cccnc1Cl. The summed E-state index contributed by atoms with van der Waals surface area (Å²) in [7, 11) is 0. The molecule has 1 atom stereocenters. The molecule has 0 unspecified atom stereocenters. The maximum atomic E-state index is 12.0. The fraction of sp³-hybridized carbons (Fsp3) is 0.133. The van der Waals surface area contributed by atoms with Crippen LogP contribution < -0.4 is 5.32 Å². The molecule has 2 N–H and O–H groups in total. The molecule has 0 saturated heterocycles. The van der Waals surface area contributed by atoms with Gasteiger partial charge in [-0.3, -0.25) is 4.79 Å². The molecule has 2 rings (SSSR count). The summed E-state index contributed by atoms with van der Waals surface area (Å²) in [5.74, 6) is -1.76. The molecular formula is C15H12Cl2N2O4. The van der Waals surface area contributed by atoms with Gasteiger partial charge in [0.2, 0.25) is 0 Å². The van der Waals surface area contributed by atoms with Gasteiger partial charge in [0.15, 0.2) is 11.3 Å². The van der Waals surface area contributed by atoms with Crippen LogP contribution in [0.3, 0.4) is 0 Å². The Kier molecular flexibility index (Phi) is 5.41. The number of phenolic OH excluding ortho intramolecular Hbond substituents is 1. The molecule has 120 valence electrons. The fourth-order valence-corrected chi connectivity index (χ4v) is 2.00. The third-order valence-electron chi connectivity index (χ3n) is 2.85. The van der Waals surface area contributed by atoms with Gasteiger partial charge in [0, 0.05) is 11.2 Å². The molecule has 1 amide bonds. The molecule has 8 heteroatoms. The number of hydrogen-bond donors (Lipinski definition) is 2. The Labute approximate surface area is 142 Å². The van der Waals surface area contributed by atoms with E-state index in [1.807, 2.05) is 0 Å². The third kappa shape index (κ3) is 4.34. The minimum atomic E-state index is -1.10. The molecule has 23 heavy (non-hydrogen) atoms. The zero-order valence-electron chi connectivity index (χ0n) is 11.9. The Balaban J connectivity index is 2.03. The van der Waals surface area contributed by atoms with Gasteiger partial charge in [-0.2, -0.15) is 0 Å². The lowest BCUT2D eigenvalue weighted by atomic mass is 10.2. The predicted octanol–water partition coefficient (Wildman–Crippen LogP) is 3.28. The van der Waals surface area contributed by atoms with Crippen LogP contribution in [0.25, 0.3) is 0 Å². The van der Waals surface area contributed by atoms with E-state index in [1.54, 1.807) is 12.1 Å². The molecule has 0 spiro atoms. The summed E-state index contributed by atoms with van der Waals surface area (Å²) in [5, 5.41) is 12.6. The van der Waals surface area contributed by atoms with Gasteiger partial charge in [0.05, 0.1) is 5.69 Å². The van der Waals surface area contributed by atoms with Crippen LogP contribution in [-0.2, 0) is 9.53 Å². The minimum absolute atomic E-state index is 0.0894. The monoisotopic (exact) mass is 354 g/mol. The number of aromatic nitrogens is 1. The Morgan fingerprint density at radius 3 is 2.70 bits per heavy atom. The summed E-state index contributed by atoms with van der Waals surface area (Å²) in [5.41, 5.74) is 0.213. The number of carbonyl (C=O) groups is 2. The van der Waals surface area contributed by atoms with E-state index in [2.05, 4.69) is 10.3 Å². The average molecular weight is 355 g/mol. The quantitative estimate of drug-likeness (QED) is 0.649. The number of halogens is 2. The maximum Gasteiger partial charge on any atom is 0.342 e. The molecule has 0 aliphatic rings. The number of esters is 1. The highest BCUT2D eigenvalue weighted by Crippen LogP contribution is 2.23. The van der Waals surface area contributed by atoms with Crippen LogP contribution in [0.5, 0.6) is 5.75 Å². The standard InChI is InChI=1S/C15H12Cl2N2O4/c1-8(14(21)19-11-3-2-6-18-13(11)17)23-15(22)10-5-4-9(16)7-12(10)20/h2-8,20H,1H3,(H,19,21)/t8-/m0/s1. The van der Waals surface area contributed by atoms with Crippen molar-refractivity contribution in [2.75, 3.05) is 5.32 Å². The van der Waals surface area contributed by atoms with Crippen molar-refractivity contribution in [2.45, 2.75) is 13.0 Å². The summed E-state index contributed by atoms with van der Waals surface area (Å²) in [6.07, 6.45) is 0.374. The van der Waals surface area contributed by atoms with Crippen molar-refractivity contribution in [3.63, 3.8) is 0 Å². The predicted molar refractivity (Wildman–Crippen MR) is 85.9 cm³/mol. The molecule has 1 aromatic heterocycles. The highest BCUT2D eigenvalue weighted by atomic mass is 35.5. The summed E-state index contributed by atoms with van der Waals surface area (Å²) in [4.78, 5) is 27.8. The minimum Gasteiger partial charge on any atom is -0.507 e. The van der Waals surface area contributed by atoms with E-state index in [0.717, 1.165) is 0 Å². The average Bonchev–Trinajstić information content (AvgIpc) is 2.49. The first kappa shape index (κ1) is 17.1. The van der Waals surface area contributed by atoms with Crippen LogP contribution in [0.15, 0.2) is 36.5 Å². The fourth-order valence-electron chi connectivity index (χ4n) is 1.67. The largest absolute Gasteiger partial charge is 0.507 e. The van der Waals surface area contributed by atoms with Gasteiger partial charge in [-0.05, 0) is 37.3 Å². The van der Waals surface area contributed by atoms with Gasteiger partial charge in [-0.25, -0.2) is 9.78 Å². The first-order valence-corrected chi connectivity index (χ1v) is 7.25. The van der Waals surface area contributed by atoms with Crippen LogP contribution in [-0.4, -0.2) is 28.1 Å². The van der Waals surface area contributed by atoms with Gasteiger partial charge in [-0.15, -0.1) is 0 Å². The van der Waals surface area contributed by atoms with E-state index in [1.165, 1.54) is 31.3 Å². The number of rotatable bonds is 4. The Bertz CT molecular complexity index is 752. The van der Waals surface area contributed by atoms with Crippen molar-refractivity contribution >= 4 is 40.8 Å². The molecular weight excluding hydrogens is 343 g/mol. The molecule has 0 aliphatic heterocycles. The van der Waals surface area contributed by atoms with Crippen LogP contribution in [0.2, 0.25) is 10.2 Å². The van der Waals surface area contributed by atoms with Gasteiger partial charge in [-0.1, -0.05) is 23.2 Å². The van der Waals surface area contributed by atoms with Crippen molar-refractivity contribution in [1.82, 2.24) is 4.98 Å². The number of hydrogen-bond acceptors (Lipinski definition) is 5. The molecule has 1 aromatic carbocycles. The Morgan fingerprint density at radius 1 is 1.30 bits per heavy atom. The Morgan fingerprint density at radius 2 is 2.04 bits per heavy atom. The number of anilines is 1. The summed E-state index contributed by atoms with van der Waals surface area (Å²) >= 11 is 11.5. The van der Waals surface area contributed by atoms with E-state index in [0.29, 0.717) is 5.69 Å². The number of carbonyl (C=O) groups excluding carboxylic acids is 2. The van der Waals surface area contributed by atoms with Crippen LogP contribution in [0.4, 0.5) is 5.69 Å². The number of benzene rings is 1. The molecule has 0 bridgehead atoms. The van der Waals surface area contributed by atoms with Gasteiger partial charge < -0.3 is 15.2 Å². The number of aromatic hydroxyl groups is 1. The molecule has 1 heterocycles. The van der Waals surface area contributed by atoms with E-state index in [9.17, 15) is 14.7 Å². The van der Waals surface area contributed by atoms with Crippen molar-refractivity contribution in [2.24, 2.45) is 0 Å². The highest BCUT2D eigenvalue weighted by Gasteiger charge is 2.21. The molecule has 2 aromatic rings. The second-order valence-electron chi connectivity index (χ2n) is 4.54. The topological polar surface area (TPSA) is 88.5 Å². The number of amides is 1. The zero-order chi connectivity index (χ0) is 17.0. The lowest BCUT2D eigenvalue weighted by molar-refractivity contribution is -0.123. The number of ether oxygens (including phenoxy) is 1. The summed E-state index contributed by atoms with van der Waals surface area (Å²) in [6, 6.07) is 7.11. The zero-order valence-corrected chi connectivity index (χ0v) is 13.4. The molecule has 0 fully saturated rings. The summed E-state index contributed by atoms with van der Waals surface area (Å²) < 4.78 is 5.01. The second kappa shape index (κ2) is 7.30. The molecule has 0 radical (unpaired) electrons. The first-order valence-electron chi connectivity index (χ1n) is 6.49. The smallest absolute Gasteiger partial charge is 0.342 e. The van der Waals surface area contributed by atoms with Crippen molar-refractivity contribution in [3.05, 3.63) is 52.3 Å². The Hall–Kier alpha value is -2.31. The van der Waals surface area contributed by atoms with Gasteiger partial charge >= 0.3 is 5.97 Å². The highest BCUT2D eigenvalue weighted by molar-refractivity contribution is 6.32. The number of pyridine rings is 1. The van der Waals surface area contributed by atoms with E-state index in [4.69, 9.17) is 27.9 Å². The number of phenols is 1. The van der Waals surface area contributed by atoms with E-state index < -0.39 is 18.0 Å². The number of nitrogens with zero attached hydrogens (tertiary/aromatic N) is 1. The van der Waals surface area contributed by atoms with Crippen LogP contribution >= 0.6 is 23.2 Å². The van der Waals surface area contributed by atoms with Gasteiger partial charge in [0.1, 0.15) is 11.3 Å². The van der Waals surface area contributed by atoms with E-state index >= 15 is 0 Å². The van der Waals surface area contributed by atoms with Crippen molar-refractivity contribution < 1.29 is 19.4 Å². The second-order valence-corrected chi connectivity index (χ2v) is 5.33. The normalized spacial score (nSPS) is 11.6. The van der Waals surface area contributed by atoms with Crippen LogP contribution in [0, 0.1) is 0 Å². The van der Waals surface area contributed by atoms with Crippen molar-refractivity contribution in [1.29, 1.82) is 0 Å². The molecule has 6 nitrogen and oxygen atoms in total. The molecule has 0 saturated carbocycles. The molecule has 0 aliphatic carbocycles. The number of nitrogens with one attached hydrogen (secondary N) is 1. The lowest BCUT2D eigenvalue weighted by Crippen LogP contribution is -2.30. The lowest BCUT2D eigenvalue weighted by Gasteiger charge is -2.14. The van der Waals surface area contributed by atoms with E-state index in [-0.39, 0.29) is 21.5 Å².